The first-order chi connectivity index (χ1) is 12.8. The quantitative estimate of drug-likeness (QED) is 0.541. The number of carbonyl (C=O) groups is 2. The van der Waals surface area contributed by atoms with Gasteiger partial charge >= 0.3 is 12.1 Å². The lowest BCUT2D eigenvalue weighted by Crippen LogP contribution is -2.31. The van der Waals surface area contributed by atoms with Crippen molar-refractivity contribution < 1.29 is 18.7 Å². The SMILES string of the molecule is C[C@@H](NC(=O)Nc1cc2[nH]nc(OC(N)=O)c2cn1)c1ccc(Cl)c(F)c1. The maximum absolute atomic E-state index is 13.5. The summed E-state index contributed by atoms with van der Waals surface area (Å²) < 4.78 is 18.3. The Labute approximate surface area is 157 Å². The van der Waals surface area contributed by atoms with Gasteiger partial charge in [-0.15, -0.1) is 5.10 Å². The lowest BCUT2D eigenvalue weighted by molar-refractivity contribution is 0.209. The summed E-state index contributed by atoms with van der Waals surface area (Å²) in [5, 5.41) is 12.1. The van der Waals surface area contributed by atoms with Gasteiger partial charge in [0.15, 0.2) is 0 Å². The molecule has 3 aromatic rings. The summed E-state index contributed by atoms with van der Waals surface area (Å²) >= 11 is 5.65. The van der Waals surface area contributed by atoms with Crippen molar-refractivity contribution in [3.63, 3.8) is 0 Å². The predicted octanol–water partition coefficient (Wildman–Crippen LogP) is 3.09. The Morgan fingerprint density at radius 3 is 2.85 bits per heavy atom. The van der Waals surface area contributed by atoms with Crippen molar-refractivity contribution >= 4 is 40.4 Å². The minimum atomic E-state index is -1.00. The van der Waals surface area contributed by atoms with Crippen LogP contribution in [0.5, 0.6) is 5.88 Å². The number of amides is 3. The summed E-state index contributed by atoms with van der Waals surface area (Å²) in [7, 11) is 0. The van der Waals surface area contributed by atoms with Gasteiger partial charge in [-0.3, -0.25) is 10.4 Å². The van der Waals surface area contributed by atoms with Crippen LogP contribution in [0.15, 0.2) is 30.5 Å². The molecule has 0 aliphatic heterocycles. The third-order valence-electron chi connectivity index (χ3n) is 3.64. The fraction of sp³-hybridized carbons (Fsp3) is 0.125. The number of nitrogens with one attached hydrogen (secondary N) is 3. The van der Waals surface area contributed by atoms with E-state index in [1.165, 1.54) is 24.4 Å². The molecular weight excluding hydrogens is 379 g/mol. The van der Waals surface area contributed by atoms with E-state index in [4.69, 9.17) is 22.1 Å². The van der Waals surface area contributed by atoms with Crippen LogP contribution >= 0.6 is 11.6 Å². The number of H-pyrrole nitrogens is 1. The number of aromatic nitrogens is 3. The number of carbonyl (C=O) groups excluding carboxylic acids is 2. The molecule has 0 unspecified atom stereocenters. The molecule has 0 radical (unpaired) electrons. The highest BCUT2D eigenvalue weighted by atomic mass is 35.5. The Hall–Kier alpha value is -3.40. The van der Waals surface area contributed by atoms with Gasteiger partial charge in [0.1, 0.15) is 11.6 Å². The van der Waals surface area contributed by atoms with E-state index in [2.05, 4.69) is 25.8 Å². The molecule has 5 N–H and O–H groups in total. The minimum absolute atomic E-state index is 0.00662. The van der Waals surface area contributed by atoms with Crippen LogP contribution < -0.4 is 21.1 Å². The number of hydrogen-bond donors (Lipinski definition) is 4. The third-order valence-corrected chi connectivity index (χ3v) is 3.95. The zero-order chi connectivity index (χ0) is 19.6. The Bertz CT molecular complexity index is 1020. The first-order valence-corrected chi connectivity index (χ1v) is 8.05. The second kappa shape index (κ2) is 7.46. The third kappa shape index (κ3) is 4.23. The number of anilines is 1. The number of benzene rings is 1. The number of ether oxygens (including phenoxy) is 1. The fourth-order valence-electron chi connectivity index (χ4n) is 2.35. The van der Waals surface area contributed by atoms with Crippen molar-refractivity contribution in [2.75, 3.05) is 5.32 Å². The van der Waals surface area contributed by atoms with Crippen LogP contribution in [0.2, 0.25) is 5.02 Å². The Morgan fingerprint density at radius 1 is 1.37 bits per heavy atom. The van der Waals surface area contributed by atoms with Gasteiger partial charge < -0.3 is 15.8 Å². The van der Waals surface area contributed by atoms with Gasteiger partial charge in [-0.05, 0) is 24.6 Å². The van der Waals surface area contributed by atoms with Crippen LogP contribution in [-0.4, -0.2) is 27.3 Å². The molecule has 9 nitrogen and oxygen atoms in total. The minimum Gasteiger partial charge on any atom is -0.389 e. The molecule has 11 heteroatoms. The lowest BCUT2D eigenvalue weighted by atomic mass is 10.1. The summed E-state index contributed by atoms with van der Waals surface area (Å²) in [6.45, 7) is 1.70. The molecule has 140 valence electrons. The summed E-state index contributed by atoms with van der Waals surface area (Å²) in [6.07, 6.45) is 0.364. The van der Waals surface area contributed by atoms with E-state index in [-0.39, 0.29) is 16.7 Å². The number of nitrogens with zero attached hydrogens (tertiary/aromatic N) is 2. The first kappa shape index (κ1) is 18.4. The highest BCUT2D eigenvalue weighted by Gasteiger charge is 2.14. The second-order valence-corrected chi connectivity index (χ2v) is 5.97. The van der Waals surface area contributed by atoms with Gasteiger partial charge in [0, 0.05) is 12.3 Å². The number of aromatic amines is 1. The van der Waals surface area contributed by atoms with Crippen LogP contribution in [0, 0.1) is 5.82 Å². The van der Waals surface area contributed by atoms with Crippen LogP contribution in [-0.2, 0) is 0 Å². The number of primary amides is 1. The van der Waals surface area contributed by atoms with Crippen molar-refractivity contribution in [3.8, 4) is 5.88 Å². The summed E-state index contributed by atoms with van der Waals surface area (Å²) in [5.41, 5.74) is 5.98. The number of urea groups is 1. The van der Waals surface area contributed by atoms with E-state index in [0.717, 1.165) is 0 Å². The van der Waals surface area contributed by atoms with E-state index in [9.17, 15) is 14.0 Å². The maximum atomic E-state index is 13.5. The smallest absolute Gasteiger partial charge is 0.389 e. The summed E-state index contributed by atoms with van der Waals surface area (Å²) in [4.78, 5) is 27.0. The molecule has 3 rings (SSSR count). The average molecular weight is 393 g/mol. The molecule has 0 saturated heterocycles. The molecule has 0 saturated carbocycles. The Kier molecular flexibility index (Phi) is 5.08. The van der Waals surface area contributed by atoms with E-state index in [1.807, 2.05) is 0 Å². The van der Waals surface area contributed by atoms with E-state index in [0.29, 0.717) is 16.5 Å². The van der Waals surface area contributed by atoms with Crippen LogP contribution in [0.1, 0.15) is 18.5 Å². The zero-order valence-corrected chi connectivity index (χ0v) is 14.7. The Morgan fingerprint density at radius 2 is 2.15 bits per heavy atom. The topological polar surface area (TPSA) is 135 Å². The number of rotatable bonds is 4. The van der Waals surface area contributed by atoms with Crippen LogP contribution in [0.4, 0.5) is 19.8 Å². The predicted molar refractivity (Wildman–Crippen MR) is 96.1 cm³/mol. The molecule has 2 heterocycles. The van der Waals surface area contributed by atoms with Gasteiger partial charge in [-0.25, -0.2) is 19.0 Å². The van der Waals surface area contributed by atoms with Gasteiger partial charge in [0.05, 0.1) is 22.0 Å². The Balaban J connectivity index is 1.68. The standard InChI is InChI=1S/C16H14ClFN6O3/c1-7(8-2-3-10(17)11(18)4-8)21-16(26)22-13-5-12-9(6-20-13)14(24-23-12)27-15(19)25/h2-7H,1H3,(H2,19,25)(H,23,24)(H2,20,21,22,26)/t7-/m1/s1. The van der Waals surface area contributed by atoms with Crippen molar-refractivity contribution in [2.24, 2.45) is 5.73 Å². The average Bonchev–Trinajstić information content (AvgIpc) is 2.98. The van der Waals surface area contributed by atoms with Gasteiger partial charge in [0.2, 0.25) is 0 Å². The number of fused-ring (bicyclic) bond motifs is 1. The fourth-order valence-corrected chi connectivity index (χ4v) is 2.46. The molecule has 2 aromatic heterocycles. The van der Waals surface area contributed by atoms with Crippen LogP contribution in [0.3, 0.4) is 0 Å². The monoisotopic (exact) mass is 392 g/mol. The van der Waals surface area contributed by atoms with Crippen molar-refractivity contribution in [3.05, 3.63) is 46.9 Å². The second-order valence-electron chi connectivity index (χ2n) is 5.56. The number of nitrogens with two attached hydrogens (primary N) is 1. The molecule has 0 spiro atoms. The van der Waals surface area contributed by atoms with Gasteiger partial charge in [-0.1, -0.05) is 17.7 Å². The summed E-state index contributed by atoms with van der Waals surface area (Å²) in [6, 6.07) is 4.78. The molecule has 0 bridgehead atoms. The number of halogens is 2. The molecule has 0 fully saturated rings. The molecule has 3 amide bonds. The molecule has 1 aromatic carbocycles. The normalized spacial score (nSPS) is 11.8. The first-order valence-electron chi connectivity index (χ1n) is 7.67. The van der Waals surface area contributed by atoms with Gasteiger partial charge in [-0.2, -0.15) is 0 Å². The zero-order valence-electron chi connectivity index (χ0n) is 13.9. The molecule has 0 aliphatic carbocycles. The highest BCUT2D eigenvalue weighted by Crippen LogP contribution is 2.24. The maximum Gasteiger partial charge on any atom is 0.411 e. The van der Waals surface area contributed by atoms with Gasteiger partial charge in [0.25, 0.3) is 5.88 Å². The van der Waals surface area contributed by atoms with E-state index < -0.39 is 24.0 Å². The lowest BCUT2D eigenvalue weighted by Gasteiger charge is -2.15. The highest BCUT2D eigenvalue weighted by molar-refractivity contribution is 6.30. The van der Waals surface area contributed by atoms with E-state index >= 15 is 0 Å². The number of pyridine rings is 1. The van der Waals surface area contributed by atoms with E-state index in [1.54, 1.807) is 13.0 Å². The van der Waals surface area contributed by atoms with Crippen molar-refractivity contribution in [1.82, 2.24) is 20.5 Å². The van der Waals surface area contributed by atoms with Crippen molar-refractivity contribution in [1.29, 1.82) is 0 Å². The summed E-state index contributed by atoms with van der Waals surface area (Å²) in [5.74, 6) is -0.355. The molecule has 1 atom stereocenters. The molecule has 0 aliphatic rings. The molecule has 27 heavy (non-hydrogen) atoms. The number of hydrogen-bond acceptors (Lipinski definition) is 5. The van der Waals surface area contributed by atoms with Crippen molar-refractivity contribution in [2.45, 2.75) is 13.0 Å². The molecular formula is C16H14ClFN6O3. The van der Waals surface area contributed by atoms with Crippen LogP contribution in [0.25, 0.3) is 10.9 Å². The largest absolute Gasteiger partial charge is 0.411 e.